The van der Waals surface area contributed by atoms with E-state index < -0.39 is 0 Å². The first-order chi connectivity index (χ1) is 9.11. The molecule has 114 valence electrons. The van der Waals surface area contributed by atoms with Crippen LogP contribution in [-0.2, 0) is 0 Å². The average Bonchev–Trinajstić information content (AvgIpc) is 2.37. The van der Waals surface area contributed by atoms with Gasteiger partial charge in [-0.05, 0) is 60.0 Å². The Morgan fingerprint density at radius 2 is 1.74 bits per heavy atom. The minimum atomic E-state index is 1.15. The van der Waals surface area contributed by atoms with Crippen molar-refractivity contribution in [2.75, 3.05) is 73.6 Å². The summed E-state index contributed by atoms with van der Waals surface area (Å²) in [6.07, 6.45) is 3.97. The molecule has 0 amide bonds. The van der Waals surface area contributed by atoms with Crippen LogP contribution in [0.25, 0.3) is 0 Å². The third-order valence-electron chi connectivity index (χ3n) is 3.96. The van der Waals surface area contributed by atoms with Crippen molar-refractivity contribution >= 4 is 0 Å². The lowest BCUT2D eigenvalue weighted by atomic mass is 10.2. The minimum absolute atomic E-state index is 1.15. The maximum Gasteiger partial charge on any atom is 0.0503 e. The van der Waals surface area contributed by atoms with E-state index in [0.29, 0.717) is 0 Å². The third-order valence-corrected chi connectivity index (χ3v) is 3.96. The van der Waals surface area contributed by atoms with Crippen molar-refractivity contribution in [3.8, 4) is 0 Å². The summed E-state index contributed by atoms with van der Waals surface area (Å²) in [4.78, 5) is 9.90. The lowest BCUT2D eigenvalue weighted by Gasteiger charge is -2.34. The number of hydrogen-bond donors (Lipinski definition) is 0. The van der Waals surface area contributed by atoms with Crippen LogP contribution in [0.3, 0.4) is 0 Å². The van der Waals surface area contributed by atoms with Crippen LogP contribution in [0.2, 0.25) is 0 Å². The summed E-state index contributed by atoms with van der Waals surface area (Å²) in [6, 6.07) is 0. The Morgan fingerprint density at radius 3 is 2.37 bits per heavy atom. The maximum absolute atomic E-state index is 2.60. The summed E-state index contributed by atoms with van der Waals surface area (Å²) in [7, 11) is 6.54. The van der Waals surface area contributed by atoms with Crippen LogP contribution in [0.4, 0.5) is 0 Å². The highest BCUT2D eigenvalue weighted by atomic mass is 15.3. The van der Waals surface area contributed by atoms with Gasteiger partial charge in [-0.3, -0.25) is 9.80 Å². The second-order valence-electron chi connectivity index (χ2n) is 6.14. The highest BCUT2D eigenvalue weighted by Gasteiger charge is 2.14. The first kappa shape index (κ1) is 16.9. The molecular weight excluding hydrogens is 236 g/mol. The van der Waals surface area contributed by atoms with E-state index in [-0.39, 0.29) is 0 Å². The monoisotopic (exact) mass is 270 g/mol. The highest BCUT2D eigenvalue weighted by Crippen LogP contribution is 2.04. The summed E-state index contributed by atoms with van der Waals surface area (Å²) in [5.41, 5.74) is 0. The van der Waals surface area contributed by atoms with Crippen molar-refractivity contribution in [3.05, 3.63) is 0 Å². The summed E-state index contributed by atoms with van der Waals surface area (Å²) in [5.74, 6) is 0. The first-order valence-corrected chi connectivity index (χ1v) is 7.89. The van der Waals surface area contributed by atoms with Crippen LogP contribution in [-0.4, -0.2) is 93.2 Å². The molecule has 0 radical (unpaired) electrons. The fourth-order valence-corrected chi connectivity index (χ4v) is 2.70. The molecular formula is C15H34N4. The Morgan fingerprint density at radius 1 is 1.00 bits per heavy atom. The first-order valence-electron chi connectivity index (χ1n) is 7.89. The van der Waals surface area contributed by atoms with Gasteiger partial charge in [-0.1, -0.05) is 6.92 Å². The Kier molecular flexibility index (Phi) is 8.62. The third kappa shape index (κ3) is 7.88. The second-order valence-corrected chi connectivity index (χ2v) is 6.14. The van der Waals surface area contributed by atoms with Crippen LogP contribution < -0.4 is 0 Å². The van der Waals surface area contributed by atoms with Crippen molar-refractivity contribution in [1.82, 2.24) is 19.6 Å². The van der Waals surface area contributed by atoms with Gasteiger partial charge in [-0.2, -0.15) is 0 Å². The van der Waals surface area contributed by atoms with E-state index in [1.807, 2.05) is 0 Å². The Bertz CT molecular complexity index is 220. The molecule has 1 fully saturated rings. The minimum Gasteiger partial charge on any atom is -0.309 e. The molecule has 0 saturated carbocycles. The number of nitrogens with zero attached hydrogens (tertiary/aromatic N) is 4. The molecule has 0 atom stereocenters. The van der Waals surface area contributed by atoms with Gasteiger partial charge in [0.05, 0.1) is 6.67 Å². The van der Waals surface area contributed by atoms with Crippen LogP contribution >= 0.6 is 0 Å². The molecule has 0 spiro atoms. The quantitative estimate of drug-likeness (QED) is 0.585. The number of rotatable bonds is 9. The summed E-state index contributed by atoms with van der Waals surface area (Å²) >= 11 is 0. The molecule has 0 N–H and O–H groups in total. The van der Waals surface area contributed by atoms with E-state index in [2.05, 4.69) is 47.7 Å². The van der Waals surface area contributed by atoms with Gasteiger partial charge < -0.3 is 9.80 Å². The SMILES string of the molecule is CCN(CCCCN(C)C)CCN1CCCN(C)C1. The second kappa shape index (κ2) is 9.70. The van der Waals surface area contributed by atoms with Gasteiger partial charge in [0.25, 0.3) is 0 Å². The van der Waals surface area contributed by atoms with Gasteiger partial charge >= 0.3 is 0 Å². The fraction of sp³-hybridized carbons (Fsp3) is 1.00. The lowest BCUT2D eigenvalue weighted by molar-refractivity contribution is 0.0949. The van der Waals surface area contributed by atoms with Crippen molar-refractivity contribution in [1.29, 1.82) is 0 Å². The largest absolute Gasteiger partial charge is 0.309 e. The van der Waals surface area contributed by atoms with Crippen molar-refractivity contribution < 1.29 is 0 Å². The fourth-order valence-electron chi connectivity index (χ4n) is 2.70. The zero-order valence-electron chi connectivity index (χ0n) is 13.6. The van der Waals surface area contributed by atoms with Crippen LogP contribution in [0.15, 0.2) is 0 Å². The molecule has 1 heterocycles. The average molecular weight is 270 g/mol. The van der Waals surface area contributed by atoms with Crippen LogP contribution in [0.5, 0.6) is 0 Å². The predicted molar refractivity (Wildman–Crippen MR) is 83.6 cm³/mol. The maximum atomic E-state index is 2.60. The molecule has 1 aliphatic heterocycles. The van der Waals surface area contributed by atoms with E-state index in [1.165, 1.54) is 65.1 Å². The van der Waals surface area contributed by atoms with E-state index in [1.54, 1.807) is 0 Å². The number of unbranched alkanes of at least 4 members (excludes halogenated alkanes) is 1. The normalized spacial score (nSPS) is 18.6. The summed E-state index contributed by atoms with van der Waals surface area (Å²) in [5, 5.41) is 0. The van der Waals surface area contributed by atoms with Crippen molar-refractivity contribution in [2.45, 2.75) is 26.2 Å². The molecule has 0 bridgehead atoms. The van der Waals surface area contributed by atoms with E-state index in [0.717, 1.165) is 6.67 Å². The van der Waals surface area contributed by atoms with Gasteiger partial charge in [-0.25, -0.2) is 0 Å². The lowest BCUT2D eigenvalue weighted by Crippen LogP contribution is -2.45. The van der Waals surface area contributed by atoms with E-state index >= 15 is 0 Å². The van der Waals surface area contributed by atoms with Crippen LogP contribution in [0.1, 0.15) is 26.2 Å². The molecule has 4 heteroatoms. The van der Waals surface area contributed by atoms with Crippen molar-refractivity contribution in [2.24, 2.45) is 0 Å². The molecule has 0 aromatic rings. The van der Waals surface area contributed by atoms with Gasteiger partial charge in [0.1, 0.15) is 0 Å². The van der Waals surface area contributed by atoms with Crippen LogP contribution in [0, 0.1) is 0 Å². The van der Waals surface area contributed by atoms with Gasteiger partial charge in [-0.15, -0.1) is 0 Å². The Labute approximate surface area is 120 Å². The summed E-state index contributed by atoms with van der Waals surface area (Å²) < 4.78 is 0. The number of hydrogen-bond acceptors (Lipinski definition) is 4. The smallest absolute Gasteiger partial charge is 0.0503 e. The Balaban J connectivity index is 2.10. The standard InChI is InChI=1S/C15H34N4/c1-5-18(11-7-6-9-16(2)3)13-14-19-12-8-10-17(4)15-19/h5-15H2,1-4H3. The molecule has 19 heavy (non-hydrogen) atoms. The van der Waals surface area contributed by atoms with Gasteiger partial charge in [0, 0.05) is 26.2 Å². The number of likely N-dealkylation sites (N-methyl/N-ethyl adjacent to an activating group) is 1. The van der Waals surface area contributed by atoms with E-state index in [4.69, 9.17) is 0 Å². The molecule has 1 rings (SSSR count). The van der Waals surface area contributed by atoms with Gasteiger partial charge in [0.2, 0.25) is 0 Å². The molecule has 1 saturated heterocycles. The molecule has 0 aromatic heterocycles. The van der Waals surface area contributed by atoms with Crippen molar-refractivity contribution in [3.63, 3.8) is 0 Å². The predicted octanol–water partition coefficient (Wildman–Crippen LogP) is 1.25. The zero-order valence-corrected chi connectivity index (χ0v) is 13.6. The van der Waals surface area contributed by atoms with E-state index in [9.17, 15) is 0 Å². The topological polar surface area (TPSA) is 13.0 Å². The highest BCUT2D eigenvalue weighted by molar-refractivity contribution is 4.68. The molecule has 4 nitrogen and oxygen atoms in total. The Hall–Kier alpha value is -0.160. The summed E-state index contributed by atoms with van der Waals surface area (Å²) in [6.45, 7) is 12.1. The molecule has 0 unspecified atom stereocenters. The zero-order chi connectivity index (χ0) is 14.1. The molecule has 1 aliphatic rings. The molecule has 0 aromatic carbocycles. The van der Waals surface area contributed by atoms with Gasteiger partial charge in [0.15, 0.2) is 0 Å². The molecule has 0 aliphatic carbocycles.